The molecule has 0 bridgehead atoms. The van der Waals surface area contributed by atoms with Crippen molar-refractivity contribution < 1.29 is 18.7 Å². The molecule has 1 fully saturated rings. The average Bonchev–Trinajstić information content (AvgIpc) is 2.79. The molecule has 0 radical (unpaired) electrons. The van der Waals surface area contributed by atoms with Crippen LogP contribution in [0.25, 0.3) is 5.57 Å². The molecule has 0 aromatic heterocycles. The highest BCUT2D eigenvalue weighted by Gasteiger charge is 2.17. The third-order valence-corrected chi connectivity index (χ3v) is 5.54. The second-order valence-corrected chi connectivity index (χ2v) is 7.87. The van der Waals surface area contributed by atoms with Crippen LogP contribution in [-0.4, -0.2) is 50.3 Å². The summed E-state index contributed by atoms with van der Waals surface area (Å²) in [6.07, 6.45) is 3.67. The number of ether oxygens (including phenoxy) is 2. The van der Waals surface area contributed by atoms with E-state index >= 15 is 0 Å². The zero-order valence-electron chi connectivity index (χ0n) is 18.3. The van der Waals surface area contributed by atoms with Gasteiger partial charge in [-0.25, -0.2) is 4.39 Å². The number of nitrogens with zero attached hydrogens (tertiary/aromatic N) is 1. The summed E-state index contributed by atoms with van der Waals surface area (Å²) in [6, 6.07) is 14.4. The van der Waals surface area contributed by atoms with Crippen LogP contribution in [-0.2, 0) is 16.1 Å². The van der Waals surface area contributed by atoms with Crippen LogP contribution >= 0.6 is 0 Å². The van der Waals surface area contributed by atoms with Crippen LogP contribution in [0.5, 0.6) is 5.75 Å². The van der Waals surface area contributed by atoms with Gasteiger partial charge in [-0.3, -0.25) is 9.69 Å². The second-order valence-electron chi connectivity index (χ2n) is 7.87. The summed E-state index contributed by atoms with van der Waals surface area (Å²) in [5.74, 6) is 0.315. The maximum absolute atomic E-state index is 13.0. The first-order valence-corrected chi connectivity index (χ1v) is 10.7. The monoisotopic (exact) mass is 426 g/mol. The van der Waals surface area contributed by atoms with Gasteiger partial charge in [0.25, 0.3) is 0 Å². The van der Waals surface area contributed by atoms with Gasteiger partial charge in [0.1, 0.15) is 18.2 Å². The number of nitrogens with one attached hydrogen (secondary N) is 1. The normalized spacial score (nSPS) is 15.2. The Hall–Kier alpha value is -2.70. The third-order valence-electron chi connectivity index (χ3n) is 5.54. The molecule has 6 heteroatoms. The van der Waals surface area contributed by atoms with Gasteiger partial charge in [0.05, 0.1) is 0 Å². The lowest BCUT2D eigenvalue weighted by molar-refractivity contribution is -0.116. The number of halogens is 1. The number of rotatable bonds is 9. The van der Waals surface area contributed by atoms with Gasteiger partial charge < -0.3 is 14.8 Å². The number of hydrogen-bond donors (Lipinski definition) is 1. The van der Waals surface area contributed by atoms with Crippen molar-refractivity contribution in [3.05, 3.63) is 71.6 Å². The maximum Gasteiger partial charge on any atom is 0.244 e. The molecule has 2 aromatic rings. The van der Waals surface area contributed by atoms with Crippen LogP contribution in [0, 0.1) is 5.82 Å². The molecule has 0 spiro atoms. The predicted octanol–water partition coefficient (Wildman–Crippen LogP) is 4.04. The van der Waals surface area contributed by atoms with E-state index in [4.69, 9.17) is 9.47 Å². The first-order valence-electron chi connectivity index (χ1n) is 10.7. The lowest BCUT2D eigenvalue weighted by atomic mass is 10.1. The molecule has 1 aliphatic heterocycles. The molecular weight excluding hydrogens is 395 g/mol. The van der Waals surface area contributed by atoms with Crippen LogP contribution in [0.4, 0.5) is 4.39 Å². The van der Waals surface area contributed by atoms with Gasteiger partial charge in [-0.05, 0) is 67.8 Å². The van der Waals surface area contributed by atoms with Gasteiger partial charge in [-0.15, -0.1) is 0 Å². The summed E-state index contributed by atoms with van der Waals surface area (Å²) >= 11 is 0. The highest BCUT2D eigenvalue weighted by molar-refractivity contribution is 5.94. The smallest absolute Gasteiger partial charge is 0.244 e. The summed E-state index contributed by atoms with van der Waals surface area (Å²) in [5.41, 5.74) is 2.57. The third kappa shape index (κ3) is 7.49. The minimum Gasteiger partial charge on any atom is -0.492 e. The maximum atomic E-state index is 13.0. The molecule has 1 saturated heterocycles. The zero-order chi connectivity index (χ0) is 22.1. The van der Waals surface area contributed by atoms with E-state index in [2.05, 4.69) is 17.3 Å². The lowest BCUT2D eigenvalue weighted by Gasteiger charge is -2.31. The summed E-state index contributed by atoms with van der Waals surface area (Å²) in [4.78, 5) is 14.6. The highest BCUT2D eigenvalue weighted by Crippen LogP contribution is 2.16. The van der Waals surface area contributed by atoms with Crippen molar-refractivity contribution in [1.82, 2.24) is 10.2 Å². The summed E-state index contributed by atoms with van der Waals surface area (Å²) in [6.45, 7) is 5.39. The van der Waals surface area contributed by atoms with Crippen LogP contribution in [0.2, 0.25) is 0 Å². The van der Waals surface area contributed by atoms with Crippen LogP contribution in [0.15, 0.2) is 54.6 Å². The van der Waals surface area contributed by atoms with Gasteiger partial charge in [0, 0.05) is 38.4 Å². The molecule has 0 saturated carbocycles. The van der Waals surface area contributed by atoms with E-state index in [0.717, 1.165) is 55.0 Å². The van der Waals surface area contributed by atoms with Crippen molar-refractivity contribution >= 4 is 11.5 Å². The average molecular weight is 427 g/mol. The Morgan fingerprint density at radius 3 is 2.71 bits per heavy atom. The number of hydrogen-bond acceptors (Lipinski definition) is 4. The Bertz CT molecular complexity index is 877. The molecule has 31 heavy (non-hydrogen) atoms. The van der Waals surface area contributed by atoms with Crippen LogP contribution in [0.1, 0.15) is 30.9 Å². The summed E-state index contributed by atoms with van der Waals surface area (Å²) in [5, 5.41) is 2.89. The molecule has 1 N–H and O–H groups in total. The Morgan fingerprint density at radius 1 is 1.23 bits per heavy atom. The Morgan fingerprint density at radius 2 is 1.97 bits per heavy atom. The Labute approximate surface area is 183 Å². The minimum absolute atomic E-state index is 0.189. The standard InChI is InChI=1S/C25H31FN2O3/c1-19(21-6-8-22(26)9-7-21)16-25(29)27-18-20-4-3-5-24(17-20)31-15-12-28(2)23-10-13-30-14-11-23/h3-9,16-17,23H,10-15,18H2,1-2H3,(H,27,29)/b19-16-. The fraction of sp³-hybridized carbons (Fsp3) is 0.400. The fourth-order valence-electron chi connectivity index (χ4n) is 3.59. The van der Waals surface area contributed by atoms with E-state index in [9.17, 15) is 9.18 Å². The molecular formula is C25H31FN2O3. The number of likely N-dealkylation sites (N-methyl/N-ethyl adjacent to an activating group) is 1. The minimum atomic E-state index is -0.293. The lowest BCUT2D eigenvalue weighted by Crippen LogP contribution is -2.38. The molecule has 0 unspecified atom stereocenters. The van der Waals surface area contributed by atoms with Gasteiger partial charge >= 0.3 is 0 Å². The van der Waals surface area contributed by atoms with Crippen LogP contribution < -0.4 is 10.1 Å². The van der Waals surface area contributed by atoms with Gasteiger partial charge in [0.15, 0.2) is 0 Å². The first kappa shape index (κ1) is 23.0. The predicted molar refractivity (Wildman–Crippen MR) is 120 cm³/mol. The van der Waals surface area contributed by atoms with Gasteiger partial charge in [0.2, 0.25) is 5.91 Å². The van der Waals surface area contributed by atoms with E-state index in [1.807, 2.05) is 31.2 Å². The van der Waals surface area contributed by atoms with E-state index in [1.165, 1.54) is 18.2 Å². The number of benzene rings is 2. The Balaban J connectivity index is 1.44. The van der Waals surface area contributed by atoms with E-state index in [1.54, 1.807) is 12.1 Å². The van der Waals surface area contributed by atoms with E-state index in [-0.39, 0.29) is 11.7 Å². The summed E-state index contributed by atoms with van der Waals surface area (Å²) in [7, 11) is 2.13. The largest absolute Gasteiger partial charge is 0.492 e. The molecule has 0 aliphatic carbocycles. The van der Waals surface area contributed by atoms with Crippen LogP contribution in [0.3, 0.4) is 0 Å². The molecule has 3 rings (SSSR count). The fourth-order valence-corrected chi connectivity index (χ4v) is 3.59. The van der Waals surface area contributed by atoms with Crippen molar-refractivity contribution in [2.45, 2.75) is 32.4 Å². The van der Waals surface area contributed by atoms with Gasteiger partial charge in [-0.2, -0.15) is 0 Å². The summed E-state index contributed by atoms with van der Waals surface area (Å²) < 4.78 is 24.4. The molecule has 166 valence electrons. The second kappa shape index (κ2) is 11.6. The number of carbonyl (C=O) groups is 1. The topological polar surface area (TPSA) is 50.8 Å². The Kier molecular flexibility index (Phi) is 8.62. The van der Waals surface area contributed by atoms with Crippen molar-refractivity contribution in [1.29, 1.82) is 0 Å². The molecule has 2 aromatic carbocycles. The number of carbonyl (C=O) groups excluding carboxylic acids is 1. The number of amides is 1. The van der Waals surface area contributed by atoms with E-state index in [0.29, 0.717) is 19.2 Å². The molecule has 5 nitrogen and oxygen atoms in total. The molecule has 1 aliphatic rings. The van der Waals surface area contributed by atoms with E-state index < -0.39 is 0 Å². The van der Waals surface area contributed by atoms with Gasteiger partial charge in [-0.1, -0.05) is 24.3 Å². The highest BCUT2D eigenvalue weighted by atomic mass is 19.1. The SMILES string of the molecule is C/C(=C/C(=O)NCc1cccc(OCCN(C)C2CCOCC2)c1)c1ccc(F)cc1. The molecule has 1 heterocycles. The first-order chi connectivity index (χ1) is 15.0. The van der Waals surface area contributed by atoms with Crippen molar-refractivity contribution in [3.63, 3.8) is 0 Å². The molecule has 1 amide bonds. The van der Waals surface area contributed by atoms with Crippen molar-refractivity contribution in [2.75, 3.05) is 33.4 Å². The molecule has 0 atom stereocenters. The number of allylic oxidation sites excluding steroid dienone is 1. The van der Waals surface area contributed by atoms with Crippen molar-refractivity contribution in [2.24, 2.45) is 0 Å². The van der Waals surface area contributed by atoms with Crippen molar-refractivity contribution in [3.8, 4) is 5.75 Å². The quantitative estimate of drug-likeness (QED) is 0.615. The zero-order valence-corrected chi connectivity index (χ0v) is 18.3.